The minimum atomic E-state index is -0.405. The van der Waals surface area contributed by atoms with E-state index in [0.29, 0.717) is 0 Å². The molecule has 6 heteroatoms. The number of rotatable bonds is 2. The van der Waals surface area contributed by atoms with E-state index in [2.05, 4.69) is 10.1 Å². The lowest BCUT2D eigenvalue weighted by Gasteiger charge is -1.94. The molecule has 0 aromatic carbocycles. The van der Waals surface area contributed by atoms with E-state index in [1.54, 1.807) is 0 Å². The minimum absolute atomic E-state index is 0.0214. The molecule has 1 aromatic heterocycles. The van der Waals surface area contributed by atoms with E-state index in [1.807, 2.05) is 5.32 Å². The number of nitrogens with one attached hydrogen (secondary N) is 1. The number of hydrogen-bond acceptors (Lipinski definition) is 4. The van der Waals surface area contributed by atoms with Crippen LogP contribution in [0.1, 0.15) is 0 Å². The highest BCUT2D eigenvalue weighted by Crippen LogP contribution is 1.78. The summed E-state index contributed by atoms with van der Waals surface area (Å²) in [6.07, 6.45) is 4.24. The first-order valence-electron chi connectivity index (χ1n) is 2.83. The summed E-state index contributed by atoms with van der Waals surface area (Å²) < 4.78 is 1.33. The molecule has 1 N–H and O–H groups in total. The fourth-order valence-electron chi connectivity index (χ4n) is 0.563. The zero-order valence-electron chi connectivity index (χ0n) is 5.56. The molecule has 11 heavy (non-hydrogen) atoms. The normalized spacial score (nSPS) is 8.64. The van der Waals surface area contributed by atoms with Crippen molar-refractivity contribution in [2.24, 2.45) is 0 Å². The molecule has 1 aromatic rings. The standard InChI is InChI=1S/C5H5N5O/c6-2-8-5(11)1-10-4-7-3-9-10/h3-4H,1H2,(H,8,11). The number of nitriles is 1. The number of carbonyl (C=O) groups is 1. The number of hydrogen-bond donors (Lipinski definition) is 1. The van der Waals surface area contributed by atoms with Crippen LogP contribution in [0, 0.1) is 11.5 Å². The Hall–Kier alpha value is -1.90. The van der Waals surface area contributed by atoms with Gasteiger partial charge in [-0.15, -0.1) is 0 Å². The Morgan fingerprint density at radius 2 is 2.64 bits per heavy atom. The number of carbonyl (C=O) groups excluding carboxylic acids is 1. The Bertz CT molecular complexity index is 272. The zero-order chi connectivity index (χ0) is 8.10. The predicted octanol–water partition coefficient (Wildman–Crippen LogP) is -1.12. The van der Waals surface area contributed by atoms with E-state index < -0.39 is 5.91 Å². The molecule has 0 aliphatic heterocycles. The van der Waals surface area contributed by atoms with Crippen molar-refractivity contribution in [3.05, 3.63) is 12.7 Å². The molecule has 0 radical (unpaired) electrons. The quantitative estimate of drug-likeness (QED) is 0.428. The zero-order valence-corrected chi connectivity index (χ0v) is 5.56. The summed E-state index contributed by atoms with van der Waals surface area (Å²) in [7, 11) is 0. The summed E-state index contributed by atoms with van der Waals surface area (Å²) in [5.74, 6) is -0.405. The maximum absolute atomic E-state index is 10.7. The molecule has 1 heterocycles. The van der Waals surface area contributed by atoms with Crippen LogP contribution in [0.5, 0.6) is 0 Å². The molecule has 0 aliphatic carbocycles. The Labute approximate surface area is 62.5 Å². The lowest BCUT2D eigenvalue weighted by atomic mass is 10.6. The van der Waals surface area contributed by atoms with Gasteiger partial charge < -0.3 is 0 Å². The lowest BCUT2D eigenvalue weighted by Crippen LogP contribution is -2.23. The van der Waals surface area contributed by atoms with Crippen LogP contribution in [0.3, 0.4) is 0 Å². The van der Waals surface area contributed by atoms with Gasteiger partial charge in [0, 0.05) is 0 Å². The Morgan fingerprint density at radius 1 is 1.82 bits per heavy atom. The highest BCUT2D eigenvalue weighted by Gasteiger charge is 1.99. The molecule has 0 saturated carbocycles. The molecular weight excluding hydrogens is 146 g/mol. The van der Waals surface area contributed by atoms with E-state index in [-0.39, 0.29) is 6.54 Å². The fraction of sp³-hybridized carbons (Fsp3) is 0.200. The topological polar surface area (TPSA) is 83.6 Å². The maximum atomic E-state index is 10.7. The Balaban J connectivity index is 2.45. The second kappa shape index (κ2) is 3.31. The Kier molecular flexibility index (Phi) is 2.17. The third kappa shape index (κ3) is 2.06. The third-order valence-corrected chi connectivity index (χ3v) is 0.968. The minimum Gasteiger partial charge on any atom is -0.272 e. The molecule has 56 valence electrons. The number of nitrogens with zero attached hydrogens (tertiary/aromatic N) is 4. The Morgan fingerprint density at radius 3 is 3.18 bits per heavy atom. The summed E-state index contributed by atoms with van der Waals surface area (Å²) >= 11 is 0. The second-order valence-corrected chi connectivity index (χ2v) is 1.75. The van der Waals surface area contributed by atoms with E-state index in [1.165, 1.54) is 23.5 Å². The largest absolute Gasteiger partial charge is 0.272 e. The van der Waals surface area contributed by atoms with Crippen LogP contribution < -0.4 is 5.32 Å². The van der Waals surface area contributed by atoms with Crippen LogP contribution in [-0.4, -0.2) is 20.7 Å². The van der Waals surface area contributed by atoms with Gasteiger partial charge in [-0.1, -0.05) is 0 Å². The summed E-state index contributed by atoms with van der Waals surface area (Å²) in [6, 6.07) is 0. The van der Waals surface area contributed by atoms with E-state index >= 15 is 0 Å². The molecule has 0 spiro atoms. The molecule has 0 unspecified atom stereocenters. The van der Waals surface area contributed by atoms with Crippen LogP contribution in [0.2, 0.25) is 0 Å². The summed E-state index contributed by atoms with van der Waals surface area (Å²) in [5, 5.41) is 13.7. The molecule has 1 rings (SSSR count). The fourth-order valence-corrected chi connectivity index (χ4v) is 0.563. The molecule has 0 fully saturated rings. The van der Waals surface area contributed by atoms with Crippen LogP contribution >= 0.6 is 0 Å². The van der Waals surface area contributed by atoms with Gasteiger partial charge in [-0.05, 0) is 0 Å². The van der Waals surface area contributed by atoms with Gasteiger partial charge in [0.15, 0.2) is 6.19 Å². The van der Waals surface area contributed by atoms with Crippen molar-refractivity contribution in [3.63, 3.8) is 0 Å². The van der Waals surface area contributed by atoms with Crippen LogP contribution in [0.15, 0.2) is 12.7 Å². The average Bonchev–Trinajstić information content (AvgIpc) is 2.40. The van der Waals surface area contributed by atoms with Gasteiger partial charge in [0.1, 0.15) is 19.2 Å². The van der Waals surface area contributed by atoms with Gasteiger partial charge in [0.05, 0.1) is 0 Å². The van der Waals surface area contributed by atoms with Gasteiger partial charge >= 0.3 is 0 Å². The molecule has 0 bridgehead atoms. The first-order valence-corrected chi connectivity index (χ1v) is 2.83. The highest BCUT2D eigenvalue weighted by molar-refractivity contribution is 5.76. The molecule has 0 saturated heterocycles. The van der Waals surface area contributed by atoms with Crippen molar-refractivity contribution in [2.75, 3.05) is 0 Å². The van der Waals surface area contributed by atoms with Gasteiger partial charge in [-0.25, -0.2) is 9.67 Å². The van der Waals surface area contributed by atoms with Crippen LogP contribution in [0.25, 0.3) is 0 Å². The first kappa shape index (κ1) is 7.21. The SMILES string of the molecule is N#CNC(=O)Cn1cncn1. The summed E-state index contributed by atoms with van der Waals surface area (Å²) in [6.45, 7) is 0.0214. The van der Waals surface area contributed by atoms with E-state index in [9.17, 15) is 4.79 Å². The third-order valence-electron chi connectivity index (χ3n) is 0.968. The molecule has 6 nitrogen and oxygen atoms in total. The molecule has 0 aliphatic rings. The number of amides is 1. The summed E-state index contributed by atoms with van der Waals surface area (Å²) in [5.41, 5.74) is 0. The summed E-state index contributed by atoms with van der Waals surface area (Å²) in [4.78, 5) is 14.3. The van der Waals surface area contributed by atoms with E-state index in [0.717, 1.165) is 0 Å². The van der Waals surface area contributed by atoms with Crippen molar-refractivity contribution < 1.29 is 4.79 Å². The lowest BCUT2D eigenvalue weighted by molar-refractivity contribution is -0.120. The van der Waals surface area contributed by atoms with Gasteiger partial charge in [-0.2, -0.15) is 10.4 Å². The molecular formula is C5H5N5O. The van der Waals surface area contributed by atoms with Crippen molar-refractivity contribution in [3.8, 4) is 6.19 Å². The monoisotopic (exact) mass is 151 g/mol. The second-order valence-electron chi connectivity index (χ2n) is 1.75. The van der Waals surface area contributed by atoms with Gasteiger partial charge in [0.2, 0.25) is 0 Å². The van der Waals surface area contributed by atoms with E-state index in [4.69, 9.17) is 5.26 Å². The van der Waals surface area contributed by atoms with Gasteiger partial charge in [-0.3, -0.25) is 10.1 Å². The predicted molar refractivity (Wildman–Crippen MR) is 33.8 cm³/mol. The molecule has 0 atom stereocenters. The molecule has 1 amide bonds. The van der Waals surface area contributed by atoms with Crippen LogP contribution in [-0.2, 0) is 11.3 Å². The number of aromatic nitrogens is 3. The highest BCUT2D eigenvalue weighted by atomic mass is 16.1. The van der Waals surface area contributed by atoms with Crippen molar-refractivity contribution >= 4 is 5.91 Å². The van der Waals surface area contributed by atoms with Crippen LogP contribution in [0.4, 0.5) is 0 Å². The van der Waals surface area contributed by atoms with Gasteiger partial charge in [0.25, 0.3) is 5.91 Å². The maximum Gasteiger partial charge on any atom is 0.254 e. The average molecular weight is 151 g/mol. The van der Waals surface area contributed by atoms with Crippen molar-refractivity contribution in [2.45, 2.75) is 6.54 Å². The first-order chi connectivity index (χ1) is 5.33. The van der Waals surface area contributed by atoms with Crippen molar-refractivity contribution in [1.82, 2.24) is 20.1 Å². The smallest absolute Gasteiger partial charge is 0.254 e. The van der Waals surface area contributed by atoms with Crippen molar-refractivity contribution in [1.29, 1.82) is 5.26 Å².